The van der Waals surface area contributed by atoms with Crippen molar-refractivity contribution in [2.24, 2.45) is 0 Å². The van der Waals surface area contributed by atoms with Gasteiger partial charge in [-0.3, -0.25) is 4.79 Å². The van der Waals surface area contributed by atoms with Crippen LogP contribution in [0.25, 0.3) is 11.7 Å². The van der Waals surface area contributed by atoms with Crippen LogP contribution in [-0.4, -0.2) is 15.3 Å². The van der Waals surface area contributed by atoms with Crippen molar-refractivity contribution < 1.29 is 9.18 Å². The van der Waals surface area contributed by atoms with Crippen molar-refractivity contribution >= 4 is 29.2 Å². The second-order valence-electron chi connectivity index (χ2n) is 4.95. The molecule has 116 valence electrons. The zero-order valence-electron chi connectivity index (χ0n) is 12.0. The molecule has 2 heterocycles. The highest BCUT2D eigenvalue weighted by Gasteiger charge is 2.03. The Hall–Kier alpha value is -2.66. The molecular formula is C17H13ClFN3O. The number of pyridine rings is 1. The molecule has 0 aliphatic heterocycles. The third-order valence-corrected chi connectivity index (χ3v) is 3.45. The number of hydrogen-bond donors (Lipinski definition) is 1. The lowest BCUT2D eigenvalue weighted by atomic mass is 10.2. The maximum Gasteiger partial charge on any atom is 0.244 e. The van der Waals surface area contributed by atoms with Crippen LogP contribution in [0, 0.1) is 5.82 Å². The lowest BCUT2D eigenvalue weighted by Crippen LogP contribution is -2.20. The molecule has 6 heteroatoms. The quantitative estimate of drug-likeness (QED) is 0.745. The van der Waals surface area contributed by atoms with E-state index in [4.69, 9.17) is 11.6 Å². The zero-order chi connectivity index (χ0) is 16.2. The number of hydrogen-bond acceptors (Lipinski definition) is 2. The van der Waals surface area contributed by atoms with Crippen LogP contribution < -0.4 is 5.32 Å². The highest BCUT2D eigenvalue weighted by Crippen LogP contribution is 2.12. The van der Waals surface area contributed by atoms with E-state index in [0.29, 0.717) is 11.6 Å². The second kappa shape index (κ2) is 6.62. The number of benzene rings is 1. The molecule has 0 fully saturated rings. The molecule has 0 aliphatic rings. The summed E-state index contributed by atoms with van der Waals surface area (Å²) in [6.45, 7) is 0.311. The van der Waals surface area contributed by atoms with E-state index < -0.39 is 0 Å². The minimum atomic E-state index is -0.307. The van der Waals surface area contributed by atoms with Crippen molar-refractivity contribution in [3.05, 3.63) is 77.0 Å². The van der Waals surface area contributed by atoms with Crippen LogP contribution in [0.2, 0.25) is 5.02 Å². The minimum Gasteiger partial charge on any atom is -0.347 e. The Morgan fingerprint density at radius 3 is 2.87 bits per heavy atom. The Morgan fingerprint density at radius 1 is 1.30 bits per heavy atom. The Balaban J connectivity index is 1.60. The third kappa shape index (κ3) is 3.96. The van der Waals surface area contributed by atoms with Crippen LogP contribution in [0.15, 0.2) is 54.9 Å². The van der Waals surface area contributed by atoms with E-state index in [2.05, 4.69) is 10.3 Å². The van der Waals surface area contributed by atoms with Gasteiger partial charge < -0.3 is 9.72 Å². The molecule has 0 saturated carbocycles. The molecule has 3 aromatic rings. The van der Waals surface area contributed by atoms with Crippen LogP contribution in [0.3, 0.4) is 0 Å². The predicted octanol–water partition coefficient (Wildman–Crippen LogP) is 3.46. The number of carbonyl (C=O) groups is 1. The molecule has 0 radical (unpaired) electrons. The van der Waals surface area contributed by atoms with Crippen LogP contribution in [-0.2, 0) is 11.3 Å². The Morgan fingerprint density at radius 2 is 2.09 bits per heavy atom. The number of aromatic nitrogens is 2. The van der Waals surface area contributed by atoms with Gasteiger partial charge in [-0.25, -0.2) is 9.37 Å². The van der Waals surface area contributed by atoms with Crippen molar-refractivity contribution in [3.8, 4) is 0 Å². The Bertz CT molecular complexity index is 871. The molecule has 2 aromatic heterocycles. The maximum absolute atomic E-state index is 12.8. The van der Waals surface area contributed by atoms with Crippen molar-refractivity contribution in [1.82, 2.24) is 14.7 Å². The Kier molecular flexibility index (Phi) is 4.39. The first-order valence-corrected chi connectivity index (χ1v) is 7.32. The van der Waals surface area contributed by atoms with Gasteiger partial charge >= 0.3 is 0 Å². The van der Waals surface area contributed by atoms with E-state index in [1.807, 2.05) is 16.8 Å². The molecule has 0 atom stereocenters. The average Bonchev–Trinajstić information content (AvgIpc) is 2.94. The highest BCUT2D eigenvalue weighted by molar-refractivity contribution is 6.30. The fourth-order valence-electron chi connectivity index (χ4n) is 2.08. The van der Waals surface area contributed by atoms with Crippen LogP contribution >= 0.6 is 11.6 Å². The number of amides is 1. The number of nitrogens with one attached hydrogen (secondary N) is 1. The first-order valence-electron chi connectivity index (χ1n) is 6.95. The summed E-state index contributed by atoms with van der Waals surface area (Å²) in [4.78, 5) is 16.2. The topological polar surface area (TPSA) is 46.4 Å². The number of fused-ring (bicyclic) bond motifs is 1. The molecule has 0 unspecified atom stereocenters. The summed E-state index contributed by atoms with van der Waals surface area (Å²) in [5, 5.41) is 3.36. The summed E-state index contributed by atoms with van der Waals surface area (Å²) < 4.78 is 14.6. The molecule has 1 amide bonds. The first kappa shape index (κ1) is 15.2. The van der Waals surface area contributed by atoms with E-state index in [1.165, 1.54) is 18.2 Å². The number of carbonyl (C=O) groups excluding carboxylic acids is 1. The Labute approximate surface area is 137 Å². The highest BCUT2D eigenvalue weighted by atomic mass is 35.5. The van der Waals surface area contributed by atoms with E-state index in [0.717, 1.165) is 16.9 Å². The molecule has 0 saturated heterocycles. The van der Waals surface area contributed by atoms with Gasteiger partial charge in [0, 0.05) is 23.5 Å². The van der Waals surface area contributed by atoms with Crippen molar-refractivity contribution in [2.45, 2.75) is 6.54 Å². The third-order valence-electron chi connectivity index (χ3n) is 3.21. The lowest BCUT2D eigenvalue weighted by molar-refractivity contribution is -0.116. The van der Waals surface area contributed by atoms with Gasteiger partial charge in [0.15, 0.2) is 0 Å². The van der Waals surface area contributed by atoms with Crippen LogP contribution in [0.5, 0.6) is 0 Å². The summed E-state index contributed by atoms with van der Waals surface area (Å²) in [5.74, 6) is -0.553. The molecule has 0 bridgehead atoms. The number of rotatable bonds is 4. The monoisotopic (exact) mass is 329 g/mol. The van der Waals surface area contributed by atoms with Gasteiger partial charge in [0.05, 0.1) is 12.2 Å². The van der Waals surface area contributed by atoms with Gasteiger partial charge in [0.25, 0.3) is 0 Å². The zero-order valence-corrected chi connectivity index (χ0v) is 12.8. The number of imidazole rings is 1. The van der Waals surface area contributed by atoms with E-state index in [1.54, 1.807) is 30.3 Å². The summed E-state index contributed by atoms with van der Waals surface area (Å²) in [6, 6.07) is 9.42. The van der Waals surface area contributed by atoms with E-state index in [9.17, 15) is 9.18 Å². The van der Waals surface area contributed by atoms with Gasteiger partial charge in [0.2, 0.25) is 5.91 Å². The molecular weight excluding hydrogens is 317 g/mol. The van der Waals surface area contributed by atoms with E-state index in [-0.39, 0.29) is 11.7 Å². The van der Waals surface area contributed by atoms with Gasteiger partial charge in [-0.15, -0.1) is 0 Å². The molecule has 3 rings (SSSR count). The second-order valence-corrected chi connectivity index (χ2v) is 5.38. The standard InChI is InChI=1S/C17H13ClFN3O/c18-13-7-8-22-11-15(21-16(22)9-13)10-20-17(23)6-3-12-1-4-14(19)5-2-12/h1-9,11H,10H2,(H,20,23)/b6-3+. The summed E-state index contributed by atoms with van der Waals surface area (Å²) in [7, 11) is 0. The molecule has 23 heavy (non-hydrogen) atoms. The minimum absolute atomic E-state index is 0.246. The smallest absolute Gasteiger partial charge is 0.244 e. The van der Waals surface area contributed by atoms with Crippen LogP contribution in [0.1, 0.15) is 11.3 Å². The molecule has 4 nitrogen and oxygen atoms in total. The lowest BCUT2D eigenvalue weighted by Gasteiger charge is -1.98. The number of nitrogens with zero attached hydrogens (tertiary/aromatic N) is 2. The first-order chi connectivity index (χ1) is 11.1. The van der Waals surface area contributed by atoms with Gasteiger partial charge in [0.1, 0.15) is 11.5 Å². The fourth-order valence-corrected chi connectivity index (χ4v) is 2.23. The maximum atomic E-state index is 12.8. The predicted molar refractivity (Wildman–Crippen MR) is 87.5 cm³/mol. The van der Waals surface area contributed by atoms with Crippen molar-refractivity contribution in [1.29, 1.82) is 0 Å². The molecule has 0 aliphatic carbocycles. The van der Waals surface area contributed by atoms with Crippen molar-refractivity contribution in [2.75, 3.05) is 0 Å². The number of halogens is 2. The SMILES string of the molecule is O=C(/C=C/c1ccc(F)cc1)NCc1cn2ccc(Cl)cc2n1. The van der Waals surface area contributed by atoms with Crippen molar-refractivity contribution in [3.63, 3.8) is 0 Å². The van der Waals surface area contributed by atoms with Crippen LogP contribution in [0.4, 0.5) is 4.39 Å². The van der Waals surface area contributed by atoms with Gasteiger partial charge in [-0.1, -0.05) is 23.7 Å². The molecule has 1 aromatic carbocycles. The molecule has 1 N–H and O–H groups in total. The summed E-state index contributed by atoms with van der Waals surface area (Å²) >= 11 is 5.91. The summed E-state index contributed by atoms with van der Waals surface area (Å²) in [6.07, 6.45) is 6.66. The van der Waals surface area contributed by atoms with E-state index >= 15 is 0 Å². The fraction of sp³-hybridized carbons (Fsp3) is 0.0588. The summed E-state index contributed by atoms with van der Waals surface area (Å²) in [5.41, 5.74) is 2.21. The largest absolute Gasteiger partial charge is 0.347 e. The van der Waals surface area contributed by atoms with Gasteiger partial charge in [-0.2, -0.15) is 0 Å². The van der Waals surface area contributed by atoms with Gasteiger partial charge in [-0.05, 0) is 35.9 Å². The average molecular weight is 330 g/mol. The molecule has 0 spiro atoms. The normalized spacial score (nSPS) is 11.2.